The number of carbonyl (C=O) groups is 3. The number of nitrogens with zero attached hydrogens (tertiary/aromatic N) is 2. The Balaban J connectivity index is 1.19. The molecule has 2 fully saturated rings. The van der Waals surface area contributed by atoms with Crippen LogP contribution in [0, 0.1) is 11.8 Å². The number of benzene rings is 1. The molecule has 5 heterocycles. The first kappa shape index (κ1) is 39.1. The predicted octanol–water partition coefficient (Wildman–Crippen LogP) is 5.00. The number of anilines is 1. The van der Waals surface area contributed by atoms with Crippen LogP contribution in [-0.4, -0.2) is 86.6 Å². The van der Waals surface area contributed by atoms with Gasteiger partial charge in [0, 0.05) is 77.1 Å². The van der Waals surface area contributed by atoms with Crippen LogP contribution in [0.4, 0.5) is 5.82 Å². The number of rotatable bonds is 6. The van der Waals surface area contributed by atoms with Gasteiger partial charge in [-0.05, 0) is 88.0 Å². The van der Waals surface area contributed by atoms with Crippen LogP contribution in [0.15, 0.2) is 75.1 Å². The molecule has 3 aromatic rings. The average molecular weight is 825 g/mol. The lowest BCUT2D eigenvalue weighted by Gasteiger charge is -2.62. The molecule has 58 heavy (non-hydrogen) atoms. The number of aromatic nitrogens is 1. The van der Waals surface area contributed by atoms with E-state index in [1.54, 1.807) is 59.9 Å². The van der Waals surface area contributed by atoms with Gasteiger partial charge >= 0.3 is 11.6 Å². The SMILES string of the molecule is C/C=C(\C)C(=O)O[C@]1(C)CC=C2CSS[C@H]3C[C@@H]4C(=O)C=C[C@H]5[C@@H]([C@H]4NC)[C@@H]3N5C(=O)Cc3cnc(N)cc3[C@@H]2[C@]12Cc1cc3cc(CCCO)c(=O)oc3cc1O2. The van der Waals surface area contributed by atoms with E-state index in [1.165, 1.54) is 0 Å². The average Bonchev–Trinajstić information content (AvgIpc) is 3.56. The number of aryl methyl sites for hydroxylation is 1. The van der Waals surface area contributed by atoms with Crippen LogP contribution in [0.5, 0.6) is 5.75 Å². The van der Waals surface area contributed by atoms with E-state index in [9.17, 15) is 24.3 Å². The lowest BCUT2D eigenvalue weighted by atomic mass is 9.61. The van der Waals surface area contributed by atoms with E-state index < -0.39 is 28.7 Å². The van der Waals surface area contributed by atoms with Gasteiger partial charge in [0.05, 0.1) is 24.4 Å². The van der Waals surface area contributed by atoms with Gasteiger partial charge in [-0.25, -0.2) is 14.6 Å². The molecule has 9 rings (SSSR count). The summed E-state index contributed by atoms with van der Waals surface area (Å²) in [6.07, 6.45) is 11.4. The molecule has 0 radical (unpaired) electrons. The van der Waals surface area contributed by atoms with Crippen molar-refractivity contribution in [1.82, 2.24) is 15.2 Å². The second-order valence-electron chi connectivity index (χ2n) is 16.7. The van der Waals surface area contributed by atoms with Crippen LogP contribution in [0.25, 0.3) is 11.0 Å². The molecule has 3 aliphatic carbocycles. The van der Waals surface area contributed by atoms with Crippen molar-refractivity contribution in [3.05, 3.63) is 98.6 Å². The number of nitrogen functional groups attached to an aromatic ring is 1. The molecule has 1 spiro atoms. The number of ketones is 1. The van der Waals surface area contributed by atoms with E-state index in [1.807, 2.05) is 43.1 Å². The van der Waals surface area contributed by atoms with Crippen LogP contribution in [0.3, 0.4) is 0 Å². The zero-order valence-electron chi connectivity index (χ0n) is 33.0. The van der Waals surface area contributed by atoms with E-state index in [0.29, 0.717) is 65.9 Å². The lowest BCUT2D eigenvalue weighted by Crippen LogP contribution is -2.76. The Morgan fingerprint density at radius 3 is 2.81 bits per heavy atom. The van der Waals surface area contributed by atoms with Crippen molar-refractivity contribution < 1.29 is 33.4 Å². The normalized spacial score (nSPS) is 32.5. The quantitative estimate of drug-likeness (QED) is 0.0998. The number of amides is 1. The summed E-state index contributed by atoms with van der Waals surface area (Å²) in [5.74, 6) is 0.395. The van der Waals surface area contributed by atoms with E-state index in [4.69, 9.17) is 19.6 Å². The van der Waals surface area contributed by atoms with Gasteiger partial charge < -0.3 is 34.9 Å². The van der Waals surface area contributed by atoms with Crippen molar-refractivity contribution >= 4 is 56.0 Å². The van der Waals surface area contributed by atoms with Gasteiger partial charge in [0.25, 0.3) is 0 Å². The fourth-order valence-corrected chi connectivity index (χ4v) is 13.7. The summed E-state index contributed by atoms with van der Waals surface area (Å²) >= 11 is 0. The molecule has 2 bridgehead atoms. The second kappa shape index (κ2) is 14.7. The molecule has 12 nitrogen and oxygen atoms in total. The third-order valence-corrected chi connectivity index (χ3v) is 16.4. The molecule has 0 unspecified atom stereocenters. The number of aliphatic hydroxyl groups is 1. The van der Waals surface area contributed by atoms with Crippen LogP contribution < -0.4 is 21.4 Å². The summed E-state index contributed by atoms with van der Waals surface area (Å²) in [5.41, 5.74) is 8.27. The minimum absolute atomic E-state index is 0.0140. The third kappa shape index (κ3) is 6.07. The minimum atomic E-state index is -1.23. The molecule has 3 aliphatic heterocycles. The third-order valence-electron chi connectivity index (χ3n) is 13.6. The number of nitrogens with two attached hydrogens (primary N) is 1. The van der Waals surface area contributed by atoms with Gasteiger partial charge in [-0.15, -0.1) is 0 Å². The van der Waals surface area contributed by atoms with Gasteiger partial charge in [-0.1, -0.05) is 45.4 Å². The number of hydrogen-bond acceptors (Lipinski definition) is 13. The first-order valence-corrected chi connectivity index (χ1v) is 22.5. The molecule has 1 aromatic carbocycles. The summed E-state index contributed by atoms with van der Waals surface area (Å²) in [5, 5.41) is 13.7. The fraction of sp³-hybridized carbons (Fsp3) is 0.477. The maximum atomic E-state index is 14.8. The van der Waals surface area contributed by atoms with Gasteiger partial charge in [0.1, 0.15) is 17.2 Å². The van der Waals surface area contributed by atoms with Crippen molar-refractivity contribution in [1.29, 1.82) is 0 Å². The summed E-state index contributed by atoms with van der Waals surface area (Å²) < 4.78 is 19.7. The van der Waals surface area contributed by atoms with Crippen LogP contribution in [-0.2, 0) is 38.4 Å². The molecule has 304 valence electrons. The molecule has 9 atom stereocenters. The Morgan fingerprint density at radius 2 is 2.03 bits per heavy atom. The van der Waals surface area contributed by atoms with Crippen molar-refractivity contribution in [2.75, 3.05) is 25.1 Å². The Morgan fingerprint density at radius 1 is 1.21 bits per heavy atom. The number of carbonyl (C=O) groups excluding carboxylic acids is 3. The van der Waals surface area contributed by atoms with Gasteiger partial charge in [0.15, 0.2) is 17.0 Å². The molecule has 4 N–H and O–H groups in total. The van der Waals surface area contributed by atoms with Crippen molar-refractivity contribution in [3.63, 3.8) is 0 Å². The summed E-state index contributed by atoms with van der Waals surface area (Å²) in [6.45, 7) is 5.39. The molecule has 1 amide bonds. The molecule has 14 heteroatoms. The number of pyridine rings is 1. The first-order valence-electron chi connectivity index (χ1n) is 20.1. The Hall–Kier alpha value is -4.37. The molecular formula is C44H48N4O8S2. The number of ether oxygens (including phenoxy) is 2. The summed E-state index contributed by atoms with van der Waals surface area (Å²) in [4.78, 5) is 61.5. The smallest absolute Gasteiger partial charge is 0.339 e. The largest absolute Gasteiger partial charge is 0.481 e. The van der Waals surface area contributed by atoms with Crippen LogP contribution >= 0.6 is 21.6 Å². The van der Waals surface area contributed by atoms with E-state index in [2.05, 4.69) is 16.4 Å². The van der Waals surface area contributed by atoms with E-state index in [-0.39, 0.29) is 65.7 Å². The second-order valence-corrected chi connectivity index (χ2v) is 19.3. The molecule has 1 saturated heterocycles. The minimum Gasteiger partial charge on any atom is -0.481 e. The molecular weight excluding hydrogens is 777 g/mol. The van der Waals surface area contributed by atoms with Crippen molar-refractivity contribution in [2.24, 2.45) is 11.8 Å². The van der Waals surface area contributed by atoms with E-state index in [0.717, 1.165) is 22.1 Å². The highest BCUT2D eigenvalue weighted by atomic mass is 33.1. The monoisotopic (exact) mass is 824 g/mol. The summed E-state index contributed by atoms with van der Waals surface area (Å²) in [6, 6.07) is 7.12. The lowest BCUT2D eigenvalue weighted by molar-refractivity contribution is -0.183. The van der Waals surface area contributed by atoms with Gasteiger partial charge in [-0.3, -0.25) is 9.59 Å². The maximum absolute atomic E-state index is 14.8. The van der Waals surface area contributed by atoms with Crippen molar-refractivity contribution in [2.45, 2.75) is 99.8 Å². The standard InChI is InChI=1S/C44H48N4O8S2/c1-5-22(2)41(52)56-43(3)11-10-24-21-57-58-34-16-29-31(50)9-8-30-37(39(29)46-4)40(34)48(30)36(51)15-27-20-47-35(45)17-28(27)38(24)44(43)19-26-14-25-13-23(7-6-12-49)42(53)54-32(25)18-33(26)55-44/h5,8-10,13-14,17-18,20,29-30,34,37-40,46,49H,6-7,11-12,15-16,19,21H2,1-4H3,(H2,45,47)/b22-5+/t29-,30+,34+,37+,38-,39+,40-,43-,44-/m1/s1. The number of esters is 1. The van der Waals surface area contributed by atoms with Crippen LogP contribution in [0.1, 0.15) is 68.2 Å². The topological polar surface area (TPSA) is 174 Å². The van der Waals surface area contributed by atoms with Gasteiger partial charge in [-0.2, -0.15) is 0 Å². The zero-order chi connectivity index (χ0) is 40.7. The highest BCUT2D eigenvalue weighted by Crippen LogP contribution is 2.60. The number of fused-ring (bicyclic) bond motifs is 8. The fourth-order valence-electron chi connectivity index (χ4n) is 10.6. The highest BCUT2D eigenvalue weighted by molar-refractivity contribution is 8.77. The van der Waals surface area contributed by atoms with Gasteiger partial charge in [0.2, 0.25) is 5.91 Å². The number of allylic oxidation sites excluding steroid dienone is 2. The number of nitrogens with one attached hydrogen (secondary N) is 1. The zero-order valence-corrected chi connectivity index (χ0v) is 34.6. The number of aliphatic hydroxyl groups excluding tert-OH is 1. The van der Waals surface area contributed by atoms with Crippen LogP contribution in [0.2, 0.25) is 0 Å². The Kier molecular flexibility index (Phi) is 9.93. The highest BCUT2D eigenvalue weighted by Gasteiger charge is 2.65. The molecule has 2 aromatic heterocycles. The van der Waals surface area contributed by atoms with E-state index >= 15 is 0 Å². The Bertz CT molecular complexity index is 2390. The molecule has 1 saturated carbocycles. The van der Waals surface area contributed by atoms with Crippen molar-refractivity contribution in [3.8, 4) is 5.75 Å². The molecule has 6 aliphatic rings. The summed E-state index contributed by atoms with van der Waals surface area (Å²) in [7, 11) is 5.38. The first-order chi connectivity index (χ1) is 27.9. The predicted molar refractivity (Wildman–Crippen MR) is 224 cm³/mol. The number of hydrogen-bond donors (Lipinski definition) is 3. The maximum Gasteiger partial charge on any atom is 0.339 e. The Labute approximate surface area is 344 Å².